The minimum atomic E-state index is -0.435. The number of hydrogen-bond donors (Lipinski definition) is 4. The van der Waals surface area contributed by atoms with Crippen molar-refractivity contribution in [2.45, 2.75) is 37.8 Å². The van der Waals surface area contributed by atoms with Gasteiger partial charge < -0.3 is 25.6 Å². The second kappa shape index (κ2) is 14.7. The summed E-state index contributed by atoms with van der Waals surface area (Å²) in [4.78, 5) is 39.7. The molecule has 0 aromatic heterocycles. The molecule has 1 saturated heterocycles. The molecule has 220 valence electrons. The van der Waals surface area contributed by atoms with Crippen LogP contribution in [0, 0.1) is 0 Å². The van der Waals surface area contributed by atoms with E-state index < -0.39 is 6.09 Å². The first-order valence-corrected chi connectivity index (χ1v) is 14.7. The SMILES string of the molecule is O=C(CNC1CC1)Nc1cccc(C(=O)CNCCN2CCC(OC(=O)Nc3ccccc3-c3ccccc3)CC2)c1. The lowest BCUT2D eigenvalue weighted by molar-refractivity contribution is -0.115. The van der Waals surface area contributed by atoms with E-state index in [4.69, 9.17) is 4.74 Å². The molecular weight excluding hydrogens is 530 g/mol. The number of ketones is 1. The van der Waals surface area contributed by atoms with Crippen LogP contribution in [0.15, 0.2) is 78.9 Å². The third kappa shape index (κ3) is 8.97. The highest BCUT2D eigenvalue weighted by Gasteiger charge is 2.23. The topological polar surface area (TPSA) is 112 Å². The normalized spacial score (nSPS) is 15.6. The molecule has 9 heteroatoms. The molecule has 2 amide bonds. The van der Waals surface area contributed by atoms with Gasteiger partial charge in [-0.25, -0.2) is 4.79 Å². The molecule has 0 atom stereocenters. The van der Waals surface area contributed by atoms with E-state index in [1.807, 2.05) is 54.6 Å². The van der Waals surface area contributed by atoms with Crippen LogP contribution in [0.4, 0.5) is 16.2 Å². The second-order valence-electron chi connectivity index (χ2n) is 10.9. The molecule has 1 heterocycles. The Hall–Kier alpha value is -4.05. The van der Waals surface area contributed by atoms with Crippen molar-refractivity contribution in [3.63, 3.8) is 0 Å². The number of anilines is 2. The zero-order chi connectivity index (χ0) is 29.1. The summed E-state index contributed by atoms with van der Waals surface area (Å²) < 4.78 is 5.73. The molecule has 3 aromatic rings. The molecular formula is C33H39N5O4. The average Bonchev–Trinajstić information content (AvgIpc) is 3.85. The van der Waals surface area contributed by atoms with E-state index in [0.717, 1.165) is 62.1 Å². The predicted octanol–water partition coefficient (Wildman–Crippen LogP) is 4.53. The number of carbonyl (C=O) groups is 3. The van der Waals surface area contributed by atoms with Gasteiger partial charge >= 0.3 is 6.09 Å². The van der Waals surface area contributed by atoms with Crippen molar-refractivity contribution in [3.05, 3.63) is 84.4 Å². The van der Waals surface area contributed by atoms with Crippen LogP contribution in [0.25, 0.3) is 11.1 Å². The molecule has 0 radical (unpaired) electrons. The number of para-hydroxylation sites is 1. The molecule has 0 bridgehead atoms. The number of carbonyl (C=O) groups excluding carboxylic acids is 3. The first-order chi connectivity index (χ1) is 20.5. The van der Waals surface area contributed by atoms with Gasteiger partial charge in [0.1, 0.15) is 6.10 Å². The van der Waals surface area contributed by atoms with Crippen molar-refractivity contribution in [1.82, 2.24) is 15.5 Å². The zero-order valence-electron chi connectivity index (χ0n) is 23.8. The number of likely N-dealkylation sites (tertiary alicyclic amines) is 1. The van der Waals surface area contributed by atoms with Crippen molar-refractivity contribution in [1.29, 1.82) is 0 Å². The zero-order valence-corrected chi connectivity index (χ0v) is 23.8. The van der Waals surface area contributed by atoms with Gasteiger partial charge in [-0.15, -0.1) is 0 Å². The third-order valence-electron chi connectivity index (χ3n) is 7.54. The van der Waals surface area contributed by atoms with E-state index in [2.05, 4.69) is 26.2 Å². The number of rotatable bonds is 13. The van der Waals surface area contributed by atoms with E-state index in [0.29, 0.717) is 23.8 Å². The maximum absolute atomic E-state index is 12.7. The Bertz CT molecular complexity index is 1350. The highest BCUT2D eigenvalue weighted by Crippen LogP contribution is 2.28. The number of benzene rings is 3. The molecule has 2 aliphatic rings. The number of hydrogen-bond acceptors (Lipinski definition) is 7. The smallest absolute Gasteiger partial charge is 0.411 e. The maximum atomic E-state index is 12.7. The van der Waals surface area contributed by atoms with Crippen molar-refractivity contribution < 1.29 is 19.1 Å². The summed E-state index contributed by atoms with van der Waals surface area (Å²) in [6, 6.07) is 25.2. The van der Waals surface area contributed by atoms with Gasteiger partial charge in [-0.2, -0.15) is 0 Å². The molecule has 42 heavy (non-hydrogen) atoms. The van der Waals surface area contributed by atoms with Gasteiger partial charge in [0.2, 0.25) is 5.91 Å². The van der Waals surface area contributed by atoms with E-state index in [1.54, 1.807) is 24.3 Å². The fourth-order valence-electron chi connectivity index (χ4n) is 5.04. The molecule has 1 saturated carbocycles. The quantitative estimate of drug-likeness (QED) is 0.177. The number of Topliss-reactive ketones (excluding diaryl/α,β-unsaturated/α-hetero) is 1. The standard InChI is InChI=1S/C33H39N5O4/c39-31(25-9-6-10-27(21-25)36-32(40)23-35-26-13-14-26)22-34-17-20-38-18-15-28(16-19-38)42-33(41)37-30-12-5-4-11-29(30)24-7-2-1-3-8-24/h1-12,21,26,28,34-35H,13-20,22-23H2,(H,36,40)(H,37,41). The van der Waals surface area contributed by atoms with E-state index in [-0.39, 0.29) is 30.9 Å². The number of ether oxygens (including phenoxy) is 1. The number of amides is 2. The monoisotopic (exact) mass is 569 g/mol. The lowest BCUT2D eigenvalue weighted by atomic mass is 10.0. The molecule has 0 unspecified atom stereocenters. The van der Waals surface area contributed by atoms with Crippen LogP contribution in [0.3, 0.4) is 0 Å². The Morgan fingerprint density at radius 1 is 0.810 bits per heavy atom. The number of nitrogens with zero attached hydrogens (tertiary/aromatic N) is 1. The molecule has 4 N–H and O–H groups in total. The first kappa shape index (κ1) is 29.4. The molecule has 0 spiro atoms. The summed E-state index contributed by atoms with van der Waals surface area (Å²) in [6.45, 7) is 3.64. The van der Waals surface area contributed by atoms with Crippen LogP contribution in [0.2, 0.25) is 0 Å². The fraction of sp³-hybridized carbons (Fsp3) is 0.364. The van der Waals surface area contributed by atoms with Crippen LogP contribution in [-0.2, 0) is 9.53 Å². The molecule has 3 aromatic carbocycles. The Morgan fingerprint density at radius 2 is 1.57 bits per heavy atom. The first-order valence-electron chi connectivity index (χ1n) is 14.7. The van der Waals surface area contributed by atoms with Crippen molar-refractivity contribution in [3.8, 4) is 11.1 Å². The molecule has 9 nitrogen and oxygen atoms in total. The maximum Gasteiger partial charge on any atom is 0.411 e. The van der Waals surface area contributed by atoms with Crippen LogP contribution in [-0.4, -0.2) is 74.1 Å². The second-order valence-corrected chi connectivity index (χ2v) is 10.9. The van der Waals surface area contributed by atoms with Crippen molar-refractivity contribution in [2.24, 2.45) is 0 Å². The van der Waals surface area contributed by atoms with Gasteiger partial charge in [-0.1, -0.05) is 60.7 Å². The average molecular weight is 570 g/mol. The Kier molecular flexibility index (Phi) is 10.3. The van der Waals surface area contributed by atoms with Crippen molar-refractivity contribution in [2.75, 3.05) is 49.9 Å². The summed E-state index contributed by atoms with van der Waals surface area (Å²) >= 11 is 0. The van der Waals surface area contributed by atoms with Gasteiger partial charge in [0.15, 0.2) is 5.78 Å². The van der Waals surface area contributed by atoms with Gasteiger partial charge in [-0.05, 0) is 49.4 Å². The van der Waals surface area contributed by atoms with Crippen LogP contribution in [0.5, 0.6) is 0 Å². The third-order valence-corrected chi connectivity index (χ3v) is 7.54. The predicted molar refractivity (Wildman–Crippen MR) is 165 cm³/mol. The minimum Gasteiger partial charge on any atom is -0.446 e. The summed E-state index contributed by atoms with van der Waals surface area (Å²) in [5, 5.41) is 12.2. The van der Waals surface area contributed by atoms with Gasteiger partial charge in [0, 0.05) is 49.0 Å². The highest BCUT2D eigenvalue weighted by molar-refractivity contribution is 6.00. The minimum absolute atomic E-state index is 0.0193. The lowest BCUT2D eigenvalue weighted by Gasteiger charge is -2.31. The van der Waals surface area contributed by atoms with Crippen LogP contribution < -0.4 is 21.3 Å². The summed E-state index contributed by atoms with van der Waals surface area (Å²) in [5.41, 5.74) is 3.91. The summed E-state index contributed by atoms with van der Waals surface area (Å²) in [7, 11) is 0. The van der Waals surface area contributed by atoms with Crippen molar-refractivity contribution >= 4 is 29.2 Å². The van der Waals surface area contributed by atoms with Gasteiger partial charge in [0.05, 0.1) is 18.8 Å². The number of nitrogens with one attached hydrogen (secondary N) is 4. The Labute approximate surface area is 247 Å². The lowest BCUT2D eigenvalue weighted by Crippen LogP contribution is -2.42. The fourth-order valence-corrected chi connectivity index (χ4v) is 5.04. The van der Waals surface area contributed by atoms with Gasteiger partial charge in [0.25, 0.3) is 0 Å². The van der Waals surface area contributed by atoms with Crippen LogP contribution >= 0.6 is 0 Å². The molecule has 1 aliphatic carbocycles. The molecule has 5 rings (SSSR count). The molecule has 1 aliphatic heterocycles. The Morgan fingerprint density at radius 3 is 2.36 bits per heavy atom. The van der Waals surface area contributed by atoms with E-state index in [1.165, 1.54) is 0 Å². The van der Waals surface area contributed by atoms with E-state index >= 15 is 0 Å². The van der Waals surface area contributed by atoms with Crippen LogP contribution in [0.1, 0.15) is 36.0 Å². The van der Waals surface area contributed by atoms with Gasteiger partial charge in [-0.3, -0.25) is 14.9 Å². The highest BCUT2D eigenvalue weighted by atomic mass is 16.6. The summed E-state index contributed by atoms with van der Waals surface area (Å²) in [5.74, 6) is -0.123. The summed E-state index contributed by atoms with van der Waals surface area (Å²) in [6.07, 6.45) is 3.22. The Balaban J connectivity index is 0.978. The van der Waals surface area contributed by atoms with E-state index in [9.17, 15) is 14.4 Å². The largest absolute Gasteiger partial charge is 0.446 e. The number of piperidine rings is 1. The molecule has 2 fully saturated rings.